The Labute approximate surface area is 128 Å². The van der Waals surface area contributed by atoms with Crippen molar-refractivity contribution < 1.29 is 9.90 Å². The molecule has 0 aliphatic carbocycles. The molecule has 3 N–H and O–H groups in total. The number of ketones is 1. The van der Waals surface area contributed by atoms with Crippen molar-refractivity contribution in [3.63, 3.8) is 0 Å². The Morgan fingerprint density at radius 1 is 1.60 bits per heavy atom. The summed E-state index contributed by atoms with van der Waals surface area (Å²) in [4.78, 5) is 15.8. The highest BCUT2D eigenvalue weighted by molar-refractivity contribution is 7.99. The van der Waals surface area contributed by atoms with Gasteiger partial charge in [0.25, 0.3) is 0 Å². The molecule has 1 aliphatic rings. The number of carbonyl (C=O) groups excluding carboxylic acids is 1. The Balaban J connectivity index is 2.38. The van der Waals surface area contributed by atoms with Crippen LogP contribution in [0.4, 0.5) is 10.7 Å². The van der Waals surface area contributed by atoms with E-state index in [0.29, 0.717) is 23.5 Å². The number of nitrogens with zero attached hydrogens (tertiary/aromatic N) is 1. The predicted octanol–water partition coefficient (Wildman–Crippen LogP) is 3.00. The van der Waals surface area contributed by atoms with Gasteiger partial charge in [0.15, 0.2) is 5.78 Å². The molecule has 4 nitrogen and oxygen atoms in total. The number of thiophene rings is 1. The third-order valence-corrected chi connectivity index (χ3v) is 5.88. The molecule has 0 bridgehead atoms. The summed E-state index contributed by atoms with van der Waals surface area (Å²) in [6, 6.07) is 0. The number of aliphatic hydroxyl groups is 1. The van der Waals surface area contributed by atoms with Crippen LogP contribution in [0.3, 0.4) is 0 Å². The maximum absolute atomic E-state index is 12.0. The maximum Gasteiger partial charge on any atom is 0.174 e. The number of β-amino-alcohol motifs (C(OH)–C–C–N with tert-alkyl or cyclic N) is 1. The Morgan fingerprint density at radius 2 is 2.30 bits per heavy atom. The molecule has 0 radical (unpaired) electrons. The molecule has 0 saturated carbocycles. The first-order chi connectivity index (χ1) is 9.39. The Hall–Kier alpha value is -0.720. The highest BCUT2D eigenvalue weighted by atomic mass is 32.2. The lowest BCUT2D eigenvalue weighted by Gasteiger charge is -2.37. The fraction of sp³-hybridized carbons (Fsp3) is 0.643. The van der Waals surface area contributed by atoms with E-state index in [1.54, 1.807) is 11.8 Å². The minimum atomic E-state index is -0.665. The Bertz CT molecular complexity index is 512. The topological polar surface area (TPSA) is 66.6 Å². The van der Waals surface area contributed by atoms with Crippen LogP contribution in [-0.4, -0.2) is 35.8 Å². The van der Waals surface area contributed by atoms with Gasteiger partial charge in [0.2, 0.25) is 0 Å². The van der Waals surface area contributed by atoms with E-state index in [2.05, 4.69) is 4.90 Å². The molecule has 20 heavy (non-hydrogen) atoms. The fourth-order valence-corrected chi connectivity index (χ4v) is 4.80. The van der Waals surface area contributed by atoms with Crippen molar-refractivity contribution in [3.8, 4) is 0 Å². The van der Waals surface area contributed by atoms with Crippen molar-refractivity contribution >= 4 is 39.6 Å². The Kier molecular flexibility index (Phi) is 4.66. The van der Waals surface area contributed by atoms with Crippen LogP contribution in [0, 0.1) is 0 Å². The van der Waals surface area contributed by atoms with Gasteiger partial charge in [-0.3, -0.25) is 4.79 Å². The number of hydrogen-bond donors (Lipinski definition) is 2. The predicted molar refractivity (Wildman–Crippen MR) is 87.2 cm³/mol. The lowest BCUT2D eigenvalue weighted by atomic mass is 9.95. The van der Waals surface area contributed by atoms with E-state index in [9.17, 15) is 9.90 Å². The molecule has 1 saturated heterocycles. The minimum Gasteiger partial charge on any atom is -0.396 e. The summed E-state index contributed by atoms with van der Waals surface area (Å²) in [6.45, 7) is 5.22. The average Bonchev–Trinajstić information content (AvgIpc) is 2.73. The molecule has 1 fully saturated rings. The summed E-state index contributed by atoms with van der Waals surface area (Å²) in [6.07, 6.45) is 4.22. The standard InChI is InChI=1S/C14H22N2O2S2/c1-4-9(17)11-10(15)12(19-3)13(20-11)16-7-5-6-14(2,18)8-16/h18H,4-8,15H2,1-3H3. The molecule has 0 amide bonds. The van der Waals surface area contributed by atoms with Gasteiger partial charge in [0, 0.05) is 19.5 Å². The lowest BCUT2D eigenvalue weighted by Crippen LogP contribution is -2.46. The number of carbonyl (C=O) groups is 1. The van der Waals surface area contributed by atoms with Gasteiger partial charge in [-0.2, -0.15) is 0 Å². The molecular formula is C14H22N2O2S2. The van der Waals surface area contributed by atoms with Crippen LogP contribution in [0.25, 0.3) is 0 Å². The van der Waals surface area contributed by atoms with E-state index in [1.165, 1.54) is 11.3 Å². The average molecular weight is 314 g/mol. The molecule has 1 atom stereocenters. The zero-order valence-electron chi connectivity index (χ0n) is 12.2. The van der Waals surface area contributed by atoms with Crippen molar-refractivity contribution in [1.82, 2.24) is 0 Å². The van der Waals surface area contributed by atoms with Gasteiger partial charge < -0.3 is 15.7 Å². The van der Waals surface area contributed by atoms with Gasteiger partial charge in [-0.25, -0.2) is 0 Å². The zero-order valence-corrected chi connectivity index (χ0v) is 13.9. The number of thioether (sulfide) groups is 1. The molecule has 2 heterocycles. The number of nitrogen functional groups attached to an aromatic ring is 1. The van der Waals surface area contributed by atoms with Gasteiger partial charge in [-0.15, -0.1) is 23.1 Å². The van der Waals surface area contributed by atoms with Crippen LogP contribution in [0.2, 0.25) is 0 Å². The van der Waals surface area contributed by atoms with Gasteiger partial charge in [0.05, 0.1) is 21.1 Å². The first-order valence-electron chi connectivity index (χ1n) is 6.86. The van der Waals surface area contributed by atoms with Crippen molar-refractivity contribution in [1.29, 1.82) is 0 Å². The minimum absolute atomic E-state index is 0.0952. The van der Waals surface area contributed by atoms with Gasteiger partial charge in [-0.05, 0) is 26.0 Å². The molecule has 0 spiro atoms. The third kappa shape index (κ3) is 2.97. The quantitative estimate of drug-likeness (QED) is 0.660. The third-order valence-electron chi connectivity index (χ3n) is 3.62. The first-order valence-corrected chi connectivity index (χ1v) is 8.90. The summed E-state index contributed by atoms with van der Waals surface area (Å²) in [5.74, 6) is 0.0952. The van der Waals surface area contributed by atoms with Crippen LogP contribution in [0.5, 0.6) is 0 Å². The zero-order chi connectivity index (χ0) is 14.9. The first kappa shape index (κ1) is 15.7. The van der Waals surface area contributed by atoms with Gasteiger partial charge in [0.1, 0.15) is 5.00 Å². The lowest BCUT2D eigenvalue weighted by molar-refractivity contribution is 0.0450. The monoisotopic (exact) mass is 314 g/mol. The SMILES string of the molecule is CCC(=O)c1sc(N2CCCC(C)(O)C2)c(SC)c1N. The molecule has 1 aromatic rings. The van der Waals surface area contributed by atoms with E-state index < -0.39 is 5.60 Å². The molecule has 0 aromatic carbocycles. The molecule has 112 valence electrons. The second-order valence-corrected chi connectivity index (χ2v) is 7.30. The van der Waals surface area contributed by atoms with Crippen LogP contribution in [0.15, 0.2) is 4.90 Å². The van der Waals surface area contributed by atoms with E-state index in [0.717, 1.165) is 29.3 Å². The number of Topliss-reactive ketones (excluding diaryl/α,β-unsaturated/α-hetero) is 1. The van der Waals surface area contributed by atoms with E-state index >= 15 is 0 Å². The molecule has 1 aliphatic heterocycles. The Morgan fingerprint density at radius 3 is 2.85 bits per heavy atom. The number of hydrogen-bond acceptors (Lipinski definition) is 6. The van der Waals surface area contributed by atoms with E-state index in [-0.39, 0.29) is 5.78 Å². The molecule has 1 aromatic heterocycles. The van der Waals surface area contributed by atoms with E-state index in [1.807, 2.05) is 20.1 Å². The molecule has 1 unspecified atom stereocenters. The number of rotatable bonds is 4. The van der Waals surface area contributed by atoms with Crippen LogP contribution in [-0.2, 0) is 0 Å². The van der Waals surface area contributed by atoms with Crippen molar-refractivity contribution in [3.05, 3.63) is 4.88 Å². The summed E-state index contributed by atoms with van der Waals surface area (Å²) in [5.41, 5.74) is 6.09. The maximum atomic E-state index is 12.0. The molecule has 2 rings (SSSR count). The highest BCUT2D eigenvalue weighted by Gasteiger charge is 2.32. The molecular weight excluding hydrogens is 292 g/mol. The fourth-order valence-electron chi connectivity index (χ4n) is 2.58. The summed E-state index contributed by atoms with van der Waals surface area (Å²) in [5, 5.41) is 11.3. The second kappa shape index (κ2) is 5.95. The van der Waals surface area contributed by atoms with Crippen LogP contribution in [0.1, 0.15) is 42.8 Å². The summed E-state index contributed by atoms with van der Waals surface area (Å²) < 4.78 is 0. The second-order valence-electron chi connectivity index (χ2n) is 5.48. The van der Waals surface area contributed by atoms with Crippen molar-refractivity contribution in [2.24, 2.45) is 0 Å². The van der Waals surface area contributed by atoms with Crippen molar-refractivity contribution in [2.45, 2.75) is 43.6 Å². The van der Waals surface area contributed by atoms with Crippen molar-refractivity contribution in [2.75, 3.05) is 30.0 Å². The van der Waals surface area contributed by atoms with E-state index in [4.69, 9.17) is 5.73 Å². The highest BCUT2D eigenvalue weighted by Crippen LogP contribution is 2.45. The number of anilines is 2. The summed E-state index contributed by atoms with van der Waals surface area (Å²) >= 11 is 3.04. The normalized spacial score (nSPS) is 23.1. The molecule has 6 heteroatoms. The van der Waals surface area contributed by atoms with Crippen LogP contribution < -0.4 is 10.6 Å². The van der Waals surface area contributed by atoms with Crippen LogP contribution >= 0.6 is 23.1 Å². The van der Waals surface area contributed by atoms with Gasteiger partial charge >= 0.3 is 0 Å². The summed E-state index contributed by atoms with van der Waals surface area (Å²) in [7, 11) is 0. The number of piperidine rings is 1. The number of nitrogens with two attached hydrogens (primary N) is 1. The largest absolute Gasteiger partial charge is 0.396 e. The smallest absolute Gasteiger partial charge is 0.174 e. The van der Waals surface area contributed by atoms with Gasteiger partial charge in [-0.1, -0.05) is 6.92 Å².